The summed E-state index contributed by atoms with van der Waals surface area (Å²) in [6.45, 7) is 4.59. The number of carbonyl (C=O) groups excluding carboxylic acids is 1. The number of hydrogen-bond donors (Lipinski definition) is 1. The molecule has 3 aromatic carbocycles. The maximum atomic E-state index is 13.5. The molecule has 6 rings (SSSR count). The molecule has 0 bridgehead atoms. The predicted octanol–water partition coefficient (Wildman–Crippen LogP) is 7.44. The predicted molar refractivity (Wildman–Crippen MR) is 163 cm³/mol. The normalized spacial score (nSPS) is 17.6. The van der Waals surface area contributed by atoms with E-state index in [4.69, 9.17) is 32.7 Å². The van der Waals surface area contributed by atoms with Crippen molar-refractivity contribution in [1.29, 1.82) is 0 Å². The molecule has 208 valence electrons. The van der Waals surface area contributed by atoms with Gasteiger partial charge in [-0.15, -0.1) is 0 Å². The van der Waals surface area contributed by atoms with Gasteiger partial charge in [-0.3, -0.25) is 4.90 Å². The molecule has 1 aromatic heterocycles. The molecule has 9 heteroatoms. The van der Waals surface area contributed by atoms with Gasteiger partial charge in [-0.1, -0.05) is 35.3 Å². The highest BCUT2D eigenvalue weighted by atomic mass is 35.5. The Labute approximate surface area is 248 Å². The summed E-state index contributed by atoms with van der Waals surface area (Å²) in [5.41, 5.74) is 4.13. The maximum Gasteiger partial charge on any atom is 0.416 e. The summed E-state index contributed by atoms with van der Waals surface area (Å²) in [6, 6.07) is 20.4. The van der Waals surface area contributed by atoms with Crippen LogP contribution in [0.4, 0.5) is 4.79 Å². The number of fused-ring (bicyclic) bond motifs is 3. The second kappa shape index (κ2) is 12.4. The SMILES string of the molecule is O=C(Oc1ccc(Cl)cc1)N1CCc2c([nH]c3ccc(Cl)cc23)C1c1ccc(OCCCN2CCSCC2)cc1. The van der Waals surface area contributed by atoms with E-state index in [-0.39, 0.29) is 6.04 Å². The van der Waals surface area contributed by atoms with Crippen LogP contribution in [-0.2, 0) is 6.42 Å². The van der Waals surface area contributed by atoms with Crippen LogP contribution in [0.3, 0.4) is 0 Å². The summed E-state index contributed by atoms with van der Waals surface area (Å²) < 4.78 is 11.8. The Morgan fingerprint density at radius 2 is 1.65 bits per heavy atom. The number of aromatic amines is 1. The number of benzene rings is 3. The molecule has 2 aliphatic rings. The topological polar surface area (TPSA) is 57.8 Å². The van der Waals surface area contributed by atoms with Crippen molar-refractivity contribution in [2.24, 2.45) is 0 Å². The minimum atomic E-state index is -0.411. The highest BCUT2D eigenvalue weighted by Gasteiger charge is 2.35. The number of halogens is 2. The lowest BCUT2D eigenvalue weighted by molar-refractivity contribution is 0.135. The van der Waals surface area contributed by atoms with Gasteiger partial charge in [0, 0.05) is 64.3 Å². The van der Waals surface area contributed by atoms with Crippen molar-refractivity contribution >= 4 is 52.0 Å². The van der Waals surface area contributed by atoms with Gasteiger partial charge in [0.25, 0.3) is 0 Å². The zero-order valence-electron chi connectivity index (χ0n) is 22.1. The van der Waals surface area contributed by atoms with Gasteiger partial charge < -0.3 is 19.4 Å². The molecule has 0 saturated carbocycles. The number of hydrogen-bond acceptors (Lipinski definition) is 5. The lowest BCUT2D eigenvalue weighted by Gasteiger charge is -2.35. The molecule has 1 amide bonds. The number of rotatable bonds is 7. The van der Waals surface area contributed by atoms with Gasteiger partial charge in [0.1, 0.15) is 17.5 Å². The third-order valence-electron chi connectivity index (χ3n) is 7.53. The van der Waals surface area contributed by atoms with E-state index < -0.39 is 6.09 Å². The lowest BCUT2D eigenvalue weighted by atomic mass is 9.92. The molecule has 1 N–H and O–H groups in total. The fraction of sp³-hybridized carbons (Fsp3) is 0.323. The quantitative estimate of drug-likeness (QED) is 0.225. The summed E-state index contributed by atoms with van der Waals surface area (Å²) >= 11 is 14.4. The van der Waals surface area contributed by atoms with Crippen molar-refractivity contribution in [3.63, 3.8) is 0 Å². The van der Waals surface area contributed by atoms with Crippen LogP contribution >= 0.6 is 35.0 Å². The third-order valence-corrected chi connectivity index (χ3v) is 8.96. The number of nitrogens with zero attached hydrogens (tertiary/aromatic N) is 2. The average Bonchev–Trinajstić information content (AvgIpc) is 3.35. The van der Waals surface area contributed by atoms with Crippen molar-refractivity contribution in [2.75, 3.05) is 44.3 Å². The van der Waals surface area contributed by atoms with E-state index in [2.05, 4.69) is 9.88 Å². The minimum absolute atomic E-state index is 0.347. The number of nitrogens with one attached hydrogen (secondary N) is 1. The number of aromatic nitrogens is 1. The Balaban J connectivity index is 1.22. The highest BCUT2D eigenvalue weighted by Crippen LogP contribution is 2.40. The number of carbonyl (C=O) groups is 1. The fourth-order valence-corrected chi connectivity index (χ4v) is 6.79. The van der Waals surface area contributed by atoms with E-state index in [1.165, 1.54) is 30.2 Å². The third kappa shape index (κ3) is 6.08. The van der Waals surface area contributed by atoms with Gasteiger partial charge in [0.15, 0.2) is 0 Å². The monoisotopic (exact) mass is 595 g/mol. The summed E-state index contributed by atoms with van der Waals surface area (Å²) in [4.78, 5) is 21.4. The molecule has 0 aliphatic carbocycles. The van der Waals surface area contributed by atoms with Crippen LogP contribution in [0.5, 0.6) is 11.5 Å². The van der Waals surface area contributed by atoms with E-state index in [0.717, 1.165) is 40.9 Å². The molecule has 1 unspecified atom stereocenters. The standard InChI is InChI=1S/C31H31Cl2N3O3S/c32-22-4-9-25(10-5-22)39-31(37)36-14-12-26-27-20-23(33)6-11-28(27)34-29(26)30(36)21-2-7-24(8-3-21)38-17-1-13-35-15-18-40-19-16-35/h2-11,20,30,34H,1,12-19H2. The Kier molecular flexibility index (Phi) is 8.44. The van der Waals surface area contributed by atoms with Crippen LogP contribution in [0.2, 0.25) is 10.0 Å². The molecule has 1 fully saturated rings. The summed E-state index contributed by atoms with van der Waals surface area (Å²) in [5, 5.41) is 2.37. The first-order valence-electron chi connectivity index (χ1n) is 13.6. The van der Waals surface area contributed by atoms with E-state index in [0.29, 0.717) is 35.4 Å². The van der Waals surface area contributed by atoms with E-state index in [9.17, 15) is 4.79 Å². The molecular formula is C31H31Cl2N3O3S. The van der Waals surface area contributed by atoms with E-state index in [1.807, 2.05) is 54.2 Å². The van der Waals surface area contributed by atoms with Crippen molar-refractivity contribution in [2.45, 2.75) is 18.9 Å². The first-order chi connectivity index (χ1) is 19.5. The minimum Gasteiger partial charge on any atom is -0.494 e. The van der Waals surface area contributed by atoms with Gasteiger partial charge >= 0.3 is 6.09 Å². The van der Waals surface area contributed by atoms with Crippen LogP contribution in [0, 0.1) is 0 Å². The first-order valence-corrected chi connectivity index (χ1v) is 15.5. The van der Waals surface area contributed by atoms with Crippen LogP contribution in [-0.4, -0.2) is 65.2 Å². The summed E-state index contributed by atoms with van der Waals surface area (Å²) in [5.74, 6) is 3.72. The molecule has 3 heterocycles. The van der Waals surface area contributed by atoms with Gasteiger partial charge in [-0.05, 0) is 78.6 Å². The fourth-order valence-electron chi connectivity index (χ4n) is 5.52. The number of H-pyrrole nitrogens is 1. The Hall–Kier alpha value is -2.84. The van der Waals surface area contributed by atoms with Gasteiger partial charge in [-0.2, -0.15) is 11.8 Å². The largest absolute Gasteiger partial charge is 0.494 e. The molecule has 6 nitrogen and oxygen atoms in total. The Morgan fingerprint density at radius 3 is 2.42 bits per heavy atom. The molecule has 1 atom stereocenters. The van der Waals surface area contributed by atoms with E-state index >= 15 is 0 Å². The maximum absolute atomic E-state index is 13.5. The van der Waals surface area contributed by atoms with Crippen LogP contribution in [0.25, 0.3) is 10.9 Å². The molecular weight excluding hydrogens is 565 g/mol. The Morgan fingerprint density at radius 1 is 0.925 bits per heavy atom. The summed E-state index contributed by atoms with van der Waals surface area (Å²) in [7, 11) is 0. The smallest absolute Gasteiger partial charge is 0.416 e. The zero-order chi connectivity index (χ0) is 27.5. The number of ether oxygens (including phenoxy) is 2. The number of thioether (sulfide) groups is 1. The van der Waals surface area contributed by atoms with Gasteiger partial charge in [0.05, 0.1) is 6.61 Å². The van der Waals surface area contributed by atoms with Crippen molar-refractivity contribution in [1.82, 2.24) is 14.8 Å². The number of amides is 1. The first kappa shape index (κ1) is 27.3. The molecule has 40 heavy (non-hydrogen) atoms. The molecule has 0 spiro atoms. The van der Waals surface area contributed by atoms with Crippen LogP contribution < -0.4 is 9.47 Å². The van der Waals surface area contributed by atoms with Crippen LogP contribution in [0.1, 0.15) is 29.3 Å². The van der Waals surface area contributed by atoms with Crippen molar-refractivity contribution in [3.05, 3.63) is 93.6 Å². The summed E-state index contributed by atoms with van der Waals surface area (Å²) in [6.07, 6.45) is 1.28. The second-order valence-electron chi connectivity index (χ2n) is 10.1. The van der Waals surface area contributed by atoms with Crippen LogP contribution in [0.15, 0.2) is 66.7 Å². The van der Waals surface area contributed by atoms with Crippen molar-refractivity contribution in [3.8, 4) is 11.5 Å². The zero-order valence-corrected chi connectivity index (χ0v) is 24.4. The van der Waals surface area contributed by atoms with E-state index in [1.54, 1.807) is 29.2 Å². The average molecular weight is 597 g/mol. The van der Waals surface area contributed by atoms with Crippen molar-refractivity contribution < 1.29 is 14.3 Å². The Bertz CT molecular complexity index is 1470. The molecule has 4 aromatic rings. The van der Waals surface area contributed by atoms with Gasteiger partial charge in [-0.25, -0.2) is 4.79 Å². The highest BCUT2D eigenvalue weighted by molar-refractivity contribution is 7.99. The second-order valence-corrected chi connectivity index (χ2v) is 12.2. The molecule has 0 radical (unpaired) electrons. The van der Waals surface area contributed by atoms with Gasteiger partial charge in [0.2, 0.25) is 0 Å². The molecule has 1 saturated heterocycles. The molecule has 2 aliphatic heterocycles. The lowest BCUT2D eigenvalue weighted by Crippen LogP contribution is -2.42.